The Bertz CT molecular complexity index is 246. The molecule has 0 aromatic rings. The topological polar surface area (TPSA) is 3.24 Å². The van der Waals surface area contributed by atoms with Gasteiger partial charge < -0.3 is 4.90 Å². The molecule has 0 fully saturated rings. The average molecular weight is 324 g/mol. The normalized spacial score (nSPS) is 11.3. The summed E-state index contributed by atoms with van der Waals surface area (Å²) in [4.78, 5) is 2.71. The van der Waals surface area contributed by atoms with Crippen LogP contribution < -0.4 is 0 Å². The van der Waals surface area contributed by atoms with E-state index >= 15 is 0 Å². The summed E-state index contributed by atoms with van der Waals surface area (Å²) in [5.41, 5.74) is 1.34. The highest BCUT2D eigenvalue weighted by Crippen LogP contribution is 2.11. The maximum Gasteiger partial charge on any atom is -0.00187 e. The lowest BCUT2D eigenvalue weighted by atomic mass is 10.1. The summed E-state index contributed by atoms with van der Waals surface area (Å²) in [5, 5.41) is 0. The molecule has 138 valence electrons. The number of hydrogen-bond acceptors (Lipinski definition) is 1. The van der Waals surface area contributed by atoms with E-state index in [1.54, 1.807) is 0 Å². The van der Waals surface area contributed by atoms with Crippen molar-refractivity contribution in [2.45, 2.75) is 111 Å². The van der Waals surface area contributed by atoms with Gasteiger partial charge in [0, 0.05) is 0 Å². The highest BCUT2D eigenvalue weighted by atomic mass is 15.1. The molecule has 0 amide bonds. The summed E-state index contributed by atoms with van der Waals surface area (Å²) in [6, 6.07) is 0. The highest BCUT2D eigenvalue weighted by Gasteiger charge is 2.03. The van der Waals surface area contributed by atoms with Gasteiger partial charge >= 0.3 is 0 Å². The molecule has 0 aromatic carbocycles. The first kappa shape index (κ1) is 22.7. The van der Waals surface area contributed by atoms with Gasteiger partial charge in [0.2, 0.25) is 0 Å². The van der Waals surface area contributed by atoms with E-state index in [2.05, 4.69) is 32.3 Å². The standard InChI is InChI=1S/C22H45N/c1-5-7-8-9-10-13-16-20-23(19-6-2)21-17-14-11-12-15-18-22(3)4/h3,5-21H2,1-2,4H3. The largest absolute Gasteiger partial charge is 0.303 e. The lowest BCUT2D eigenvalue weighted by Gasteiger charge is -2.21. The van der Waals surface area contributed by atoms with Crippen LogP contribution in [0.4, 0.5) is 0 Å². The molecule has 0 aliphatic rings. The van der Waals surface area contributed by atoms with Crippen LogP contribution in [0.3, 0.4) is 0 Å². The third-order valence-corrected chi connectivity index (χ3v) is 4.70. The Hall–Kier alpha value is -0.300. The van der Waals surface area contributed by atoms with Gasteiger partial charge in [-0.3, -0.25) is 0 Å². The van der Waals surface area contributed by atoms with E-state index in [1.165, 1.54) is 115 Å². The number of nitrogens with zero attached hydrogens (tertiary/aromatic N) is 1. The molecule has 0 saturated carbocycles. The number of allylic oxidation sites excluding steroid dienone is 1. The van der Waals surface area contributed by atoms with Crippen LogP contribution in [-0.2, 0) is 0 Å². The van der Waals surface area contributed by atoms with Crippen molar-refractivity contribution in [2.24, 2.45) is 0 Å². The van der Waals surface area contributed by atoms with E-state index in [4.69, 9.17) is 0 Å². The van der Waals surface area contributed by atoms with Crippen LogP contribution in [-0.4, -0.2) is 24.5 Å². The van der Waals surface area contributed by atoms with Crippen LogP contribution in [0.15, 0.2) is 12.2 Å². The predicted octanol–water partition coefficient (Wildman–Crippen LogP) is 7.37. The smallest absolute Gasteiger partial charge is 0.00187 e. The van der Waals surface area contributed by atoms with E-state index in [-0.39, 0.29) is 0 Å². The average Bonchev–Trinajstić information content (AvgIpc) is 2.52. The Morgan fingerprint density at radius 3 is 1.57 bits per heavy atom. The zero-order valence-electron chi connectivity index (χ0n) is 16.7. The molecule has 1 nitrogen and oxygen atoms in total. The molecule has 0 aromatic heterocycles. The van der Waals surface area contributed by atoms with Gasteiger partial charge in [-0.2, -0.15) is 0 Å². The highest BCUT2D eigenvalue weighted by molar-refractivity contribution is 4.86. The Kier molecular flexibility index (Phi) is 17.8. The second-order valence-corrected chi connectivity index (χ2v) is 7.44. The van der Waals surface area contributed by atoms with Crippen LogP contribution in [0.5, 0.6) is 0 Å². The minimum Gasteiger partial charge on any atom is -0.303 e. The van der Waals surface area contributed by atoms with Crippen molar-refractivity contribution in [3.05, 3.63) is 12.2 Å². The van der Waals surface area contributed by atoms with Gasteiger partial charge in [0.1, 0.15) is 0 Å². The number of hydrogen-bond donors (Lipinski definition) is 0. The van der Waals surface area contributed by atoms with Crippen LogP contribution in [0.1, 0.15) is 111 Å². The van der Waals surface area contributed by atoms with Crippen molar-refractivity contribution >= 4 is 0 Å². The maximum atomic E-state index is 3.98. The van der Waals surface area contributed by atoms with E-state index in [1.807, 2.05) is 0 Å². The van der Waals surface area contributed by atoms with Gasteiger partial charge in [-0.25, -0.2) is 0 Å². The summed E-state index contributed by atoms with van der Waals surface area (Å²) < 4.78 is 0. The van der Waals surface area contributed by atoms with Gasteiger partial charge in [0.15, 0.2) is 0 Å². The molecule has 0 aliphatic carbocycles. The first-order chi connectivity index (χ1) is 11.2. The van der Waals surface area contributed by atoms with Gasteiger partial charge in [-0.15, -0.1) is 6.58 Å². The zero-order valence-corrected chi connectivity index (χ0v) is 16.7. The van der Waals surface area contributed by atoms with Gasteiger partial charge in [-0.05, 0) is 58.7 Å². The third kappa shape index (κ3) is 17.9. The SMILES string of the molecule is C=C(C)CCCCCCCN(CCC)CCCCCCCCC. The van der Waals surface area contributed by atoms with Crippen molar-refractivity contribution in [3.63, 3.8) is 0 Å². The van der Waals surface area contributed by atoms with Crippen molar-refractivity contribution in [1.82, 2.24) is 4.90 Å². The van der Waals surface area contributed by atoms with Crippen LogP contribution >= 0.6 is 0 Å². The molecular formula is C22H45N. The molecule has 0 saturated heterocycles. The van der Waals surface area contributed by atoms with E-state index in [9.17, 15) is 0 Å². The van der Waals surface area contributed by atoms with Crippen molar-refractivity contribution < 1.29 is 0 Å². The van der Waals surface area contributed by atoms with Gasteiger partial charge in [0.05, 0.1) is 0 Å². The molecule has 0 aliphatic heterocycles. The van der Waals surface area contributed by atoms with Crippen molar-refractivity contribution in [1.29, 1.82) is 0 Å². The molecule has 0 spiro atoms. The molecule has 0 radical (unpaired) electrons. The minimum absolute atomic E-state index is 1.22. The second kappa shape index (κ2) is 18.0. The van der Waals surface area contributed by atoms with Crippen LogP contribution in [0.25, 0.3) is 0 Å². The third-order valence-electron chi connectivity index (χ3n) is 4.70. The zero-order chi connectivity index (χ0) is 17.2. The monoisotopic (exact) mass is 323 g/mol. The molecular weight excluding hydrogens is 278 g/mol. The number of rotatable bonds is 18. The van der Waals surface area contributed by atoms with Crippen molar-refractivity contribution in [2.75, 3.05) is 19.6 Å². The molecule has 0 bridgehead atoms. The minimum atomic E-state index is 1.22. The first-order valence-corrected chi connectivity index (χ1v) is 10.6. The summed E-state index contributed by atoms with van der Waals surface area (Å²) in [6.07, 6.45) is 19.4. The summed E-state index contributed by atoms with van der Waals surface area (Å²) in [5.74, 6) is 0. The summed E-state index contributed by atoms with van der Waals surface area (Å²) >= 11 is 0. The van der Waals surface area contributed by atoms with E-state index in [0.717, 1.165) is 0 Å². The van der Waals surface area contributed by atoms with Gasteiger partial charge in [-0.1, -0.05) is 77.2 Å². The fourth-order valence-electron chi connectivity index (χ4n) is 3.24. The van der Waals surface area contributed by atoms with Crippen LogP contribution in [0.2, 0.25) is 0 Å². The molecule has 0 atom stereocenters. The Morgan fingerprint density at radius 2 is 1.09 bits per heavy atom. The molecule has 0 rings (SSSR count). The molecule has 1 heteroatoms. The maximum absolute atomic E-state index is 3.98. The van der Waals surface area contributed by atoms with E-state index in [0.29, 0.717) is 0 Å². The number of unbranched alkanes of at least 4 members (excludes halogenated alkanes) is 10. The second-order valence-electron chi connectivity index (χ2n) is 7.44. The van der Waals surface area contributed by atoms with E-state index < -0.39 is 0 Å². The summed E-state index contributed by atoms with van der Waals surface area (Å²) in [6.45, 7) is 14.7. The predicted molar refractivity (Wildman–Crippen MR) is 107 cm³/mol. The lowest BCUT2D eigenvalue weighted by molar-refractivity contribution is 0.260. The summed E-state index contributed by atoms with van der Waals surface area (Å²) in [7, 11) is 0. The molecule has 23 heavy (non-hydrogen) atoms. The quantitative estimate of drug-likeness (QED) is 0.188. The fourth-order valence-corrected chi connectivity index (χ4v) is 3.24. The lowest BCUT2D eigenvalue weighted by Crippen LogP contribution is -2.27. The van der Waals surface area contributed by atoms with Crippen molar-refractivity contribution in [3.8, 4) is 0 Å². The Morgan fingerprint density at radius 1 is 0.609 bits per heavy atom. The Balaban J connectivity index is 3.48. The Labute approximate surface area is 147 Å². The van der Waals surface area contributed by atoms with Crippen LogP contribution in [0, 0.1) is 0 Å². The first-order valence-electron chi connectivity index (χ1n) is 10.6. The fraction of sp³-hybridized carbons (Fsp3) is 0.909. The molecule has 0 heterocycles. The van der Waals surface area contributed by atoms with Gasteiger partial charge in [0.25, 0.3) is 0 Å². The molecule has 0 N–H and O–H groups in total. The molecule has 0 unspecified atom stereocenters.